The molecule has 8 bridgehead atoms. The molecule has 8 heterocycles. The Kier molecular flexibility index (Phi) is 20.4. The van der Waals surface area contributed by atoms with Gasteiger partial charge in [-0.25, -0.2) is 15.0 Å². The van der Waals surface area contributed by atoms with Crippen molar-refractivity contribution in [2.75, 3.05) is 12.3 Å². The van der Waals surface area contributed by atoms with Gasteiger partial charge in [-0.05, 0) is 88.0 Å². The van der Waals surface area contributed by atoms with E-state index in [2.05, 4.69) is 27.2 Å². The van der Waals surface area contributed by atoms with Gasteiger partial charge in [0.05, 0.1) is 29.8 Å². The van der Waals surface area contributed by atoms with Gasteiger partial charge in [-0.3, -0.25) is 53.1 Å². The maximum Gasteiger partial charge on any atom is 0.220 e. The summed E-state index contributed by atoms with van der Waals surface area (Å²) in [5.41, 5.74) is 40.9. The number of ether oxygens (including phenoxy) is 1. The van der Waals surface area contributed by atoms with Crippen LogP contribution < -0.4 is 45.5 Å². The molecule has 6 aliphatic rings. The van der Waals surface area contributed by atoms with Crippen molar-refractivity contribution in [2.45, 2.75) is 175 Å². The zero-order chi connectivity index (χ0) is 63.2. The van der Waals surface area contributed by atoms with Crippen LogP contribution in [-0.4, -0.2) is 136 Å². The van der Waals surface area contributed by atoms with E-state index in [9.17, 15) is 48.9 Å². The minimum absolute atomic E-state index is 0. The van der Waals surface area contributed by atoms with Crippen molar-refractivity contribution in [3.8, 4) is 0 Å². The van der Waals surface area contributed by atoms with Crippen LogP contribution in [0.3, 0.4) is 0 Å². The molecule has 6 aliphatic heterocycles. The van der Waals surface area contributed by atoms with E-state index in [4.69, 9.17) is 65.2 Å². The number of hydrogen-bond acceptors (Lipinski definition) is 18. The van der Waals surface area contributed by atoms with Crippen LogP contribution in [0.4, 0.5) is 5.82 Å². The first-order valence-corrected chi connectivity index (χ1v) is 28.6. The Balaban J connectivity index is 0.000000524. The van der Waals surface area contributed by atoms with Crippen molar-refractivity contribution >= 4 is 75.5 Å². The van der Waals surface area contributed by atoms with Crippen molar-refractivity contribution in [1.29, 1.82) is 0 Å². The largest absolute Gasteiger partial charge is 0.682 e. The molecule has 2 fully saturated rings. The standard InChI is InChI=1S/C48H73N11O8.C10H12N5O3.Co/c1-23(60)22-55-38(67)16-17-45(6)29(18-35(52)64)43-48(9)47(8,21-37(54)66)28(12-15-34(51)63)40(59-48)25(3)42-46(7,20-36(53)65)26(10-13-32(49)61)30(56-42)19-31-44(4,5)27(11-14-33(50)62)39(57-31)24(2)41(45)58-43;1-4-6(16)7(17)10(18-4)15-3-14-5-8(11)12-2-13-9(5)15;/h19,23,26-29,43,60H,10-18,20-22H2,1-9H3,(H14,49,50,51,52,53,54,55,56,57,58,59,61,62,63,64,65,66,67);2-4,6-7,10,16-17H,1H2,(H2,11,12,13);/q;-1;/p-1/t23-,26-,27-,28-,29+,43-,45-,46+,47+,48+;4-,6-,7-,10-;/m11./s1. The number of nitrogens with zero attached hydrogens (tertiary/aromatic N) is 8. The average molecular weight is 1240 g/mol. The summed E-state index contributed by atoms with van der Waals surface area (Å²) in [6, 6.07) is -0.923. The van der Waals surface area contributed by atoms with Crippen LogP contribution in [0, 0.1) is 52.3 Å². The third-order valence-corrected chi connectivity index (χ3v) is 19.0. The molecule has 14 atom stereocenters. The molecular weight excluding hydrogens is 1160 g/mol. The second kappa shape index (κ2) is 25.8. The predicted molar refractivity (Wildman–Crippen MR) is 315 cm³/mol. The molecule has 473 valence electrons. The van der Waals surface area contributed by atoms with Gasteiger partial charge in [0.2, 0.25) is 41.4 Å². The minimum Gasteiger partial charge on any atom is -0.682 e. The van der Waals surface area contributed by atoms with Gasteiger partial charge >= 0.3 is 0 Å². The van der Waals surface area contributed by atoms with Crippen LogP contribution >= 0.6 is 0 Å². The van der Waals surface area contributed by atoms with Crippen LogP contribution in [0.1, 0.15) is 139 Å². The molecule has 86 heavy (non-hydrogen) atoms. The fourth-order valence-electron chi connectivity index (χ4n) is 14.2. The fraction of sp³-hybridized carbons (Fsp3) is 0.621. The maximum atomic E-state index is 13.5. The second-order valence-corrected chi connectivity index (χ2v) is 25.2. The number of hydrogen-bond donors (Lipinski definition) is 11. The number of carbonyl (C=O) groups is 7. The molecule has 8 rings (SSSR count). The molecule has 1 radical (unpaired) electrons. The van der Waals surface area contributed by atoms with Gasteiger partial charge in [-0.1, -0.05) is 40.7 Å². The number of nitrogen functional groups attached to an aromatic ring is 1. The summed E-state index contributed by atoms with van der Waals surface area (Å²) >= 11 is 0. The van der Waals surface area contributed by atoms with Crippen molar-refractivity contribution in [1.82, 2.24) is 24.8 Å². The molecule has 28 heteroatoms. The molecule has 0 aromatic carbocycles. The number of nitrogens with one attached hydrogen (secondary N) is 1. The summed E-state index contributed by atoms with van der Waals surface area (Å²) in [4.78, 5) is 119. The van der Waals surface area contributed by atoms with E-state index in [1.54, 1.807) is 6.92 Å². The quantitative estimate of drug-likeness (QED) is 0.0787. The molecule has 18 N–H and O–H groups in total. The third-order valence-electron chi connectivity index (χ3n) is 19.0. The van der Waals surface area contributed by atoms with E-state index in [1.165, 1.54) is 17.2 Å². The van der Waals surface area contributed by atoms with Gasteiger partial charge in [0.15, 0.2) is 17.7 Å². The maximum absolute atomic E-state index is 13.5. The molecule has 2 aromatic heterocycles. The van der Waals surface area contributed by atoms with E-state index in [0.29, 0.717) is 63.0 Å². The van der Waals surface area contributed by atoms with Gasteiger partial charge in [-0.15, -0.1) is 0 Å². The number of imidazole rings is 1. The Morgan fingerprint density at radius 2 is 1.35 bits per heavy atom. The monoisotopic (exact) mass is 1240 g/mol. The number of primary amides is 6. The van der Waals surface area contributed by atoms with Crippen molar-refractivity contribution in [3.05, 3.63) is 59.2 Å². The van der Waals surface area contributed by atoms with Crippen molar-refractivity contribution in [3.63, 3.8) is 0 Å². The number of anilines is 1. The number of amides is 7. The SMILES string of the molecule is C/C1=C2/[N-][C@H]([C@H](CC(N)=O)[C@@]2(C)CCC(=O)NC[C@@H](C)O)[C@]2(C)N=C(/C(C)=C3N=C(/C=C4N=C1[C@@H](CCC(N)=O)C\4(C)C)[C@@H](CCC(N)=O)[C@]\3(C)CC(N)=O)[C@@H](CCC(N)=O)[C@]2(C)CC(N)=O.[CH2-][C@H]1O[C@@H](n2cnc3c(N)ncnc32)[C@H](O)[C@@H]1O.[Co]. The Labute approximate surface area is 510 Å². The van der Waals surface area contributed by atoms with E-state index in [0.717, 1.165) is 0 Å². The van der Waals surface area contributed by atoms with Crippen LogP contribution in [0.2, 0.25) is 0 Å². The summed E-state index contributed by atoms with van der Waals surface area (Å²) in [6.45, 7) is 20.4. The van der Waals surface area contributed by atoms with Gasteiger partial charge in [0, 0.05) is 125 Å². The first kappa shape index (κ1) is 68.1. The molecule has 0 unspecified atom stereocenters. The number of nitrogens with two attached hydrogens (primary N) is 7. The summed E-state index contributed by atoms with van der Waals surface area (Å²) in [6.07, 6.45) is 0.116. The normalized spacial score (nSPS) is 34.1. The first-order valence-electron chi connectivity index (χ1n) is 28.6. The number of aromatic nitrogens is 4. The zero-order valence-electron chi connectivity index (χ0n) is 50.3. The van der Waals surface area contributed by atoms with E-state index in [-0.39, 0.29) is 99.3 Å². The Bertz CT molecular complexity index is 3240. The molecule has 2 aromatic rings. The Morgan fingerprint density at radius 1 is 0.756 bits per heavy atom. The van der Waals surface area contributed by atoms with Gasteiger partial charge in [-0.2, -0.15) is 5.70 Å². The molecule has 0 aliphatic carbocycles. The summed E-state index contributed by atoms with van der Waals surface area (Å²) < 4.78 is 6.90. The summed E-state index contributed by atoms with van der Waals surface area (Å²) in [5.74, 6) is -6.17. The van der Waals surface area contributed by atoms with Crippen molar-refractivity contribution in [2.24, 2.45) is 94.7 Å². The predicted octanol–water partition coefficient (Wildman–Crippen LogP) is 1.38. The van der Waals surface area contributed by atoms with Gasteiger partial charge in [0.25, 0.3) is 0 Å². The van der Waals surface area contributed by atoms with E-state index >= 15 is 0 Å². The number of aliphatic hydroxyl groups is 3. The molecule has 7 amide bonds. The van der Waals surface area contributed by atoms with Crippen LogP contribution in [-0.2, 0) is 55.1 Å². The molecule has 27 nitrogen and oxygen atoms in total. The number of allylic oxidation sites excluding steroid dienone is 6. The molecule has 2 saturated heterocycles. The molecular formula is C58H84CoN16O11-2. The first-order chi connectivity index (χ1) is 39.5. The smallest absolute Gasteiger partial charge is 0.220 e. The van der Waals surface area contributed by atoms with E-state index in [1.807, 2.05) is 61.5 Å². The molecule has 0 saturated carbocycles. The van der Waals surface area contributed by atoms with Crippen LogP contribution in [0.15, 0.2) is 61.9 Å². The number of aliphatic hydroxyl groups excluding tert-OH is 3. The Morgan fingerprint density at radius 3 is 1.90 bits per heavy atom. The topological polar surface area (TPSA) is 478 Å². The van der Waals surface area contributed by atoms with E-state index < -0.39 is 123 Å². The fourth-order valence-corrected chi connectivity index (χ4v) is 14.2. The average Bonchev–Trinajstić information content (AvgIpc) is 1.54. The zero-order valence-corrected chi connectivity index (χ0v) is 51.3. The van der Waals surface area contributed by atoms with Crippen LogP contribution in [0.25, 0.3) is 16.5 Å². The van der Waals surface area contributed by atoms with Crippen LogP contribution in [0.5, 0.6) is 0 Å². The summed E-state index contributed by atoms with van der Waals surface area (Å²) in [5, 5.41) is 37.9. The number of aliphatic imine (C=N–C) groups is 3. The van der Waals surface area contributed by atoms with Crippen molar-refractivity contribution < 1.29 is 70.4 Å². The van der Waals surface area contributed by atoms with Gasteiger partial charge < -0.3 is 77.7 Å². The summed E-state index contributed by atoms with van der Waals surface area (Å²) in [7, 11) is 0. The number of rotatable bonds is 21. The number of fused-ring (bicyclic) bond motifs is 7. The van der Waals surface area contributed by atoms with Gasteiger partial charge in [0.1, 0.15) is 17.9 Å². The third kappa shape index (κ3) is 12.9. The minimum atomic E-state index is -1.40. The second-order valence-electron chi connectivity index (χ2n) is 25.2. The number of carbonyl (C=O) groups excluding carboxylic acids is 7. The molecule has 0 spiro atoms. The Hall–Kier alpha value is -6.98.